The lowest BCUT2D eigenvalue weighted by Crippen LogP contribution is -2.48. The van der Waals surface area contributed by atoms with Crippen molar-refractivity contribution in [1.29, 1.82) is 0 Å². The van der Waals surface area contributed by atoms with Crippen molar-refractivity contribution >= 4 is 17.2 Å². The number of nitrogens with zero attached hydrogens (tertiary/aromatic N) is 1. The molecule has 1 aliphatic heterocycles. The van der Waals surface area contributed by atoms with Crippen LogP contribution in [0.15, 0.2) is 11.4 Å². The summed E-state index contributed by atoms with van der Waals surface area (Å²) in [4.78, 5) is 15.0. The van der Waals surface area contributed by atoms with E-state index in [0.717, 1.165) is 23.4 Å². The van der Waals surface area contributed by atoms with Crippen LogP contribution >= 0.6 is 11.3 Å². The molecule has 0 spiro atoms. The van der Waals surface area contributed by atoms with Crippen LogP contribution in [0.1, 0.15) is 28.6 Å². The summed E-state index contributed by atoms with van der Waals surface area (Å²) in [6.07, 6.45) is 1.02. The molecule has 1 saturated heterocycles. The van der Waals surface area contributed by atoms with E-state index in [4.69, 9.17) is 5.73 Å². The van der Waals surface area contributed by atoms with E-state index < -0.39 is 0 Å². The third-order valence-corrected chi connectivity index (χ3v) is 4.04. The fourth-order valence-corrected chi connectivity index (χ4v) is 3.19. The molecule has 2 atom stereocenters. The van der Waals surface area contributed by atoms with Crippen molar-refractivity contribution in [3.8, 4) is 0 Å². The van der Waals surface area contributed by atoms with Gasteiger partial charge in [-0.05, 0) is 36.3 Å². The minimum atomic E-state index is 0.132. The molecule has 4 heteroatoms. The average Bonchev–Trinajstić information content (AvgIpc) is 2.62. The number of nitrogens with two attached hydrogens (primary N) is 1. The van der Waals surface area contributed by atoms with E-state index in [1.54, 1.807) is 0 Å². The number of hydrogen-bond acceptors (Lipinski definition) is 3. The first-order chi connectivity index (χ1) is 7.58. The maximum Gasteiger partial charge on any atom is 0.264 e. The molecular formula is C12H18N2OS. The van der Waals surface area contributed by atoms with Crippen LogP contribution < -0.4 is 5.73 Å². The van der Waals surface area contributed by atoms with Crippen LogP contribution in [0.3, 0.4) is 0 Å². The van der Waals surface area contributed by atoms with Gasteiger partial charge in [0, 0.05) is 19.1 Å². The van der Waals surface area contributed by atoms with Gasteiger partial charge in [-0.2, -0.15) is 0 Å². The molecule has 0 aromatic carbocycles. The van der Waals surface area contributed by atoms with Crippen molar-refractivity contribution in [2.75, 3.05) is 13.1 Å². The van der Waals surface area contributed by atoms with Crippen molar-refractivity contribution in [3.63, 3.8) is 0 Å². The zero-order valence-corrected chi connectivity index (χ0v) is 10.6. The molecule has 0 aliphatic carbocycles. The van der Waals surface area contributed by atoms with Crippen molar-refractivity contribution in [2.24, 2.45) is 11.7 Å². The summed E-state index contributed by atoms with van der Waals surface area (Å²) in [5.41, 5.74) is 7.03. The van der Waals surface area contributed by atoms with Crippen molar-refractivity contribution < 1.29 is 4.79 Å². The Balaban J connectivity index is 2.13. The average molecular weight is 238 g/mol. The Kier molecular flexibility index (Phi) is 3.30. The standard InChI is InChI=1S/C12H18N2OS/c1-8-5-10(13)7-14(6-8)12(15)11-9(2)3-4-16-11/h3-4,8,10H,5-7,13H2,1-2H3. The quantitative estimate of drug-likeness (QED) is 0.812. The smallest absolute Gasteiger partial charge is 0.264 e. The summed E-state index contributed by atoms with van der Waals surface area (Å²) in [7, 11) is 0. The van der Waals surface area contributed by atoms with Gasteiger partial charge in [0.05, 0.1) is 4.88 Å². The van der Waals surface area contributed by atoms with Gasteiger partial charge < -0.3 is 10.6 Å². The van der Waals surface area contributed by atoms with Crippen LogP contribution in [0.4, 0.5) is 0 Å². The molecule has 16 heavy (non-hydrogen) atoms. The van der Waals surface area contributed by atoms with Crippen LogP contribution in [-0.4, -0.2) is 29.9 Å². The molecule has 1 aromatic rings. The van der Waals surface area contributed by atoms with Gasteiger partial charge in [0.25, 0.3) is 5.91 Å². The van der Waals surface area contributed by atoms with Crippen LogP contribution in [-0.2, 0) is 0 Å². The summed E-state index contributed by atoms with van der Waals surface area (Å²) in [6, 6.07) is 2.12. The fraction of sp³-hybridized carbons (Fsp3) is 0.583. The lowest BCUT2D eigenvalue weighted by atomic mass is 9.96. The Labute approximate surface area is 100 Å². The molecule has 3 nitrogen and oxygen atoms in total. The number of piperidine rings is 1. The maximum absolute atomic E-state index is 12.3. The van der Waals surface area contributed by atoms with E-state index in [1.807, 2.05) is 23.3 Å². The van der Waals surface area contributed by atoms with E-state index in [-0.39, 0.29) is 11.9 Å². The second kappa shape index (κ2) is 4.55. The number of thiophene rings is 1. The van der Waals surface area contributed by atoms with Gasteiger partial charge in [0.15, 0.2) is 0 Å². The first-order valence-corrected chi connectivity index (χ1v) is 6.55. The van der Waals surface area contributed by atoms with E-state index in [0.29, 0.717) is 12.5 Å². The van der Waals surface area contributed by atoms with Gasteiger partial charge in [-0.1, -0.05) is 6.92 Å². The minimum Gasteiger partial charge on any atom is -0.336 e. The number of rotatable bonds is 1. The van der Waals surface area contributed by atoms with Gasteiger partial charge in [0.1, 0.15) is 0 Å². The lowest BCUT2D eigenvalue weighted by molar-refractivity contribution is 0.0665. The molecule has 1 aromatic heterocycles. The number of hydrogen-bond donors (Lipinski definition) is 1. The highest BCUT2D eigenvalue weighted by Crippen LogP contribution is 2.22. The third kappa shape index (κ3) is 2.28. The number of aryl methyl sites for hydroxylation is 1. The molecule has 2 unspecified atom stereocenters. The van der Waals surface area contributed by atoms with Gasteiger partial charge in [-0.25, -0.2) is 0 Å². The highest BCUT2D eigenvalue weighted by molar-refractivity contribution is 7.12. The zero-order valence-electron chi connectivity index (χ0n) is 9.77. The summed E-state index contributed by atoms with van der Waals surface area (Å²) in [5.74, 6) is 0.655. The fourth-order valence-electron chi connectivity index (χ4n) is 2.30. The molecule has 88 valence electrons. The monoisotopic (exact) mass is 238 g/mol. The molecular weight excluding hydrogens is 220 g/mol. The molecule has 0 radical (unpaired) electrons. The SMILES string of the molecule is Cc1ccsc1C(=O)N1CC(C)CC(N)C1. The number of amides is 1. The first-order valence-electron chi connectivity index (χ1n) is 5.67. The van der Waals surface area contributed by atoms with Crippen molar-refractivity contribution in [2.45, 2.75) is 26.3 Å². The molecule has 1 amide bonds. The van der Waals surface area contributed by atoms with Gasteiger partial charge in [0.2, 0.25) is 0 Å². The first kappa shape index (κ1) is 11.6. The Morgan fingerprint density at radius 1 is 1.56 bits per heavy atom. The highest BCUT2D eigenvalue weighted by Gasteiger charge is 2.27. The highest BCUT2D eigenvalue weighted by atomic mass is 32.1. The predicted octanol–water partition coefficient (Wildman–Crippen LogP) is 1.87. The van der Waals surface area contributed by atoms with Gasteiger partial charge in [-0.3, -0.25) is 4.79 Å². The van der Waals surface area contributed by atoms with Crippen LogP contribution in [0.5, 0.6) is 0 Å². The zero-order chi connectivity index (χ0) is 11.7. The predicted molar refractivity (Wildman–Crippen MR) is 66.7 cm³/mol. The Hall–Kier alpha value is -0.870. The van der Waals surface area contributed by atoms with E-state index in [2.05, 4.69) is 6.92 Å². The summed E-state index contributed by atoms with van der Waals surface area (Å²) < 4.78 is 0. The number of carbonyl (C=O) groups is 1. The minimum absolute atomic E-state index is 0.132. The number of carbonyl (C=O) groups excluding carboxylic acids is 1. The van der Waals surface area contributed by atoms with Gasteiger partial charge >= 0.3 is 0 Å². The van der Waals surface area contributed by atoms with Crippen LogP contribution in [0.2, 0.25) is 0 Å². The molecule has 0 saturated carbocycles. The second-order valence-corrected chi connectivity index (χ2v) is 5.66. The lowest BCUT2D eigenvalue weighted by Gasteiger charge is -2.34. The Morgan fingerprint density at radius 2 is 2.31 bits per heavy atom. The van der Waals surface area contributed by atoms with Crippen LogP contribution in [0, 0.1) is 12.8 Å². The van der Waals surface area contributed by atoms with Gasteiger partial charge in [-0.15, -0.1) is 11.3 Å². The normalized spacial score (nSPS) is 25.8. The molecule has 2 heterocycles. The topological polar surface area (TPSA) is 46.3 Å². The van der Waals surface area contributed by atoms with Crippen molar-refractivity contribution in [3.05, 3.63) is 21.9 Å². The summed E-state index contributed by atoms with van der Waals surface area (Å²) >= 11 is 1.52. The maximum atomic E-state index is 12.3. The summed E-state index contributed by atoms with van der Waals surface area (Å²) in [5, 5.41) is 1.97. The third-order valence-electron chi connectivity index (χ3n) is 3.04. The van der Waals surface area contributed by atoms with E-state index in [9.17, 15) is 4.79 Å². The van der Waals surface area contributed by atoms with E-state index >= 15 is 0 Å². The molecule has 2 N–H and O–H groups in total. The second-order valence-electron chi connectivity index (χ2n) is 4.74. The summed E-state index contributed by atoms with van der Waals surface area (Å²) in [6.45, 7) is 5.67. The van der Waals surface area contributed by atoms with E-state index in [1.165, 1.54) is 11.3 Å². The molecule has 2 rings (SSSR count). The Bertz CT molecular complexity index is 378. The Morgan fingerprint density at radius 3 is 2.88 bits per heavy atom. The molecule has 0 bridgehead atoms. The molecule has 1 aliphatic rings. The number of likely N-dealkylation sites (tertiary alicyclic amines) is 1. The molecule has 1 fully saturated rings. The van der Waals surface area contributed by atoms with Crippen LogP contribution in [0.25, 0.3) is 0 Å². The largest absolute Gasteiger partial charge is 0.336 e. The van der Waals surface area contributed by atoms with Crippen molar-refractivity contribution in [1.82, 2.24) is 4.90 Å².